The summed E-state index contributed by atoms with van der Waals surface area (Å²) in [5.41, 5.74) is 0.309. The van der Waals surface area contributed by atoms with Gasteiger partial charge in [-0.15, -0.1) is 0 Å². The van der Waals surface area contributed by atoms with E-state index < -0.39 is 17.3 Å². The fourth-order valence-electron chi connectivity index (χ4n) is 2.14. The highest BCUT2D eigenvalue weighted by atomic mass is 19.4. The van der Waals surface area contributed by atoms with Gasteiger partial charge in [0.25, 0.3) is 0 Å². The van der Waals surface area contributed by atoms with Gasteiger partial charge in [-0.25, -0.2) is 0 Å². The number of halogens is 3. The first-order chi connectivity index (χ1) is 8.28. The second-order valence-corrected chi connectivity index (χ2v) is 5.19. The van der Waals surface area contributed by atoms with Crippen LogP contribution in [0.15, 0.2) is 18.2 Å². The maximum atomic E-state index is 12.9. The molecule has 4 heteroatoms. The van der Waals surface area contributed by atoms with Crippen molar-refractivity contribution in [3.63, 3.8) is 0 Å². The van der Waals surface area contributed by atoms with Crippen molar-refractivity contribution in [1.82, 2.24) is 0 Å². The van der Waals surface area contributed by atoms with Crippen molar-refractivity contribution < 1.29 is 17.9 Å². The average molecular weight is 258 g/mol. The van der Waals surface area contributed by atoms with Gasteiger partial charge in [0.05, 0.1) is 11.2 Å². The predicted octanol–water partition coefficient (Wildman–Crippen LogP) is 4.46. The van der Waals surface area contributed by atoms with Gasteiger partial charge in [0, 0.05) is 7.11 Å². The fourth-order valence-corrected chi connectivity index (χ4v) is 2.14. The molecule has 1 fully saturated rings. The van der Waals surface area contributed by atoms with E-state index >= 15 is 0 Å². The number of alkyl halides is 3. The third-order valence-electron chi connectivity index (χ3n) is 3.57. The maximum absolute atomic E-state index is 12.9. The Balaban J connectivity index is 2.51. The number of methoxy groups -OCH3 is 1. The van der Waals surface area contributed by atoms with Crippen molar-refractivity contribution in [3.05, 3.63) is 34.9 Å². The zero-order chi connectivity index (χ0) is 13.6. The van der Waals surface area contributed by atoms with Crippen LogP contribution in [-0.2, 0) is 16.5 Å². The van der Waals surface area contributed by atoms with Crippen LogP contribution in [0, 0.1) is 0 Å². The minimum absolute atomic E-state index is 0.0682. The molecule has 0 spiro atoms. The first-order valence-electron chi connectivity index (χ1n) is 6.06. The highest BCUT2D eigenvalue weighted by molar-refractivity contribution is 5.39. The van der Waals surface area contributed by atoms with E-state index in [1.807, 2.05) is 19.9 Å². The normalized spacial score (nSPS) is 18.2. The molecule has 0 radical (unpaired) electrons. The number of ether oxygens (including phenoxy) is 1. The molecule has 1 nitrogen and oxygen atoms in total. The van der Waals surface area contributed by atoms with E-state index in [9.17, 15) is 13.2 Å². The first kappa shape index (κ1) is 13.4. The fraction of sp³-hybridized carbons (Fsp3) is 0.571. The Morgan fingerprint density at radius 1 is 1.17 bits per heavy atom. The van der Waals surface area contributed by atoms with Crippen molar-refractivity contribution in [1.29, 1.82) is 0 Å². The summed E-state index contributed by atoms with van der Waals surface area (Å²) in [5, 5.41) is 0. The van der Waals surface area contributed by atoms with E-state index in [2.05, 4.69) is 0 Å². The van der Waals surface area contributed by atoms with Crippen molar-refractivity contribution in [2.75, 3.05) is 7.11 Å². The van der Waals surface area contributed by atoms with E-state index in [1.54, 1.807) is 7.11 Å². The molecule has 0 atom stereocenters. The largest absolute Gasteiger partial charge is 0.416 e. The van der Waals surface area contributed by atoms with Gasteiger partial charge >= 0.3 is 6.18 Å². The van der Waals surface area contributed by atoms with Crippen LogP contribution >= 0.6 is 0 Å². The molecule has 100 valence electrons. The van der Waals surface area contributed by atoms with E-state index in [0.29, 0.717) is 11.1 Å². The summed E-state index contributed by atoms with van der Waals surface area (Å²) in [7, 11) is 1.56. The summed E-state index contributed by atoms with van der Waals surface area (Å²) in [6, 6.07) is 4.30. The Morgan fingerprint density at radius 2 is 1.78 bits per heavy atom. The molecule has 2 rings (SSSR count). The highest BCUT2D eigenvalue weighted by Gasteiger charge is 2.46. The second kappa shape index (κ2) is 4.26. The summed E-state index contributed by atoms with van der Waals surface area (Å²) in [5.74, 6) is 0.0682. The lowest BCUT2D eigenvalue weighted by molar-refractivity contribution is -0.137. The molecule has 0 amide bonds. The summed E-state index contributed by atoms with van der Waals surface area (Å²) < 4.78 is 44.0. The lowest BCUT2D eigenvalue weighted by atomic mass is 9.94. The van der Waals surface area contributed by atoms with Crippen LogP contribution in [-0.4, -0.2) is 7.11 Å². The molecule has 1 aromatic carbocycles. The maximum Gasteiger partial charge on any atom is 0.416 e. The smallest absolute Gasteiger partial charge is 0.374 e. The zero-order valence-electron chi connectivity index (χ0n) is 10.8. The van der Waals surface area contributed by atoms with Gasteiger partial charge in [0.2, 0.25) is 0 Å². The number of hydrogen-bond donors (Lipinski definition) is 0. The molecule has 1 aliphatic carbocycles. The Morgan fingerprint density at radius 3 is 2.17 bits per heavy atom. The lowest BCUT2D eigenvalue weighted by Crippen LogP contribution is -2.13. The Kier molecular flexibility index (Phi) is 3.18. The van der Waals surface area contributed by atoms with Crippen LogP contribution < -0.4 is 0 Å². The topological polar surface area (TPSA) is 9.23 Å². The predicted molar refractivity (Wildman–Crippen MR) is 63.5 cm³/mol. The lowest BCUT2D eigenvalue weighted by Gasteiger charge is -2.19. The molecule has 1 aromatic rings. The van der Waals surface area contributed by atoms with Gasteiger partial charge in [-0.1, -0.05) is 19.9 Å². The van der Waals surface area contributed by atoms with Crippen molar-refractivity contribution in [3.8, 4) is 0 Å². The van der Waals surface area contributed by atoms with E-state index in [4.69, 9.17) is 4.74 Å². The van der Waals surface area contributed by atoms with E-state index in [0.717, 1.165) is 12.8 Å². The van der Waals surface area contributed by atoms with Crippen molar-refractivity contribution in [2.24, 2.45) is 0 Å². The molecule has 0 saturated heterocycles. The van der Waals surface area contributed by atoms with Gasteiger partial charge in [-0.3, -0.25) is 0 Å². The molecular formula is C14H17F3O. The van der Waals surface area contributed by atoms with Crippen LogP contribution in [0.4, 0.5) is 13.2 Å². The second-order valence-electron chi connectivity index (χ2n) is 5.19. The number of rotatable bonds is 3. The molecule has 0 aromatic heterocycles. The minimum Gasteiger partial charge on any atom is -0.374 e. The van der Waals surface area contributed by atoms with Crippen molar-refractivity contribution in [2.45, 2.75) is 44.4 Å². The highest BCUT2D eigenvalue weighted by Crippen LogP contribution is 2.50. The average Bonchev–Trinajstić information content (AvgIpc) is 3.08. The van der Waals surface area contributed by atoms with Gasteiger partial charge < -0.3 is 4.74 Å². The van der Waals surface area contributed by atoms with E-state index in [-0.39, 0.29) is 5.92 Å². The Bertz CT molecular complexity index is 445. The van der Waals surface area contributed by atoms with Gasteiger partial charge in [-0.05, 0) is 42.0 Å². The number of benzene rings is 1. The van der Waals surface area contributed by atoms with Crippen LogP contribution in [0.2, 0.25) is 0 Å². The summed E-state index contributed by atoms with van der Waals surface area (Å²) in [6.45, 7) is 3.79. The number of hydrogen-bond acceptors (Lipinski definition) is 1. The third kappa shape index (κ3) is 2.39. The SMILES string of the molecule is COC1(c2cc(C(C)C)cc(C(F)(F)F)c2)CC1. The molecule has 0 bridgehead atoms. The minimum atomic E-state index is -4.30. The van der Waals surface area contributed by atoms with Gasteiger partial charge in [-0.2, -0.15) is 13.2 Å². The zero-order valence-corrected chi connectivity index (χ0v) is 10.8. The Hall–Kier alpha value is -1.03. The standard InChI is InChI=1S/C14H17F3O/c1-9(2)10-6-11(13(18-3)4-5-13)8-12(7-10)14(15,16)17/h6-9H,4-5H2,1-3H3. The van der Waals surface area contributed by atoms with Crippen LogP contribution in [0.3, 0.4) is 0 Å². The summed E-state index contributed by atoms with van der Waals surface area (Å²) in [6.07, 6.45) is -2.71. The van der Waals surface area contributed by atoms with Crippen molar-refractivity contribution >= 4 is 0 Å². The van der Waals surface area contributed by atoms with Crippen LogP contribution in [0.25, 0.3) is 0 Å². The summed E-state index contributed by atoms with van der Waals surface area (Å²) in [4.78, 5) is 0. The van der Waals surface area contributed by atoms with Crippen LogP contribution in [0.1, 0.15) is 49.3 Å². The molecular weight excluding hydrogens is 241 g/mol. The third-order valence-corrected chi connectivity index (χ3v) is 3.57. The van der Waals surface area contributed by atoms with Gasteiger partial charge in [0.15, 0.2) is 0 Å². The molecule has 0 heterocycles. The molecule has 0 aliphatic heterocycles. The van der Waals surface area contributed by atoms with Gasteiger partial charge in [0.1, 0.15) is 0 Å². The molecule has 1 saturated carbocycles. The molecule has 18 heavy (non-hydrogen) atoms. The molecule has 0 N–H and O–H groups in total. The first-order valence-corrected chi connectivity index (χ1v) is 6.06. The molecule has 1 aliphatic rings. The molecule has 0 unspecified atom stereocenters. The monoisotopic (exact) mass is 258 g/mol. The summed E-state index contributed by atoms with van der Waals surface area (Å²) >= 11 is 0. The quantitative estimate of drug-likeness (QED) is 0.777. The van der Waals surface area contributed by atoms with E-state index in [1.165, 1.54) is 12.1 Å². The van der Waals surface area contributed by atoms with Crippen LogP contribution in [0.5, 0.6) is 0 Å². The Labute approximate surface area is 105 Å².